The van der Waals surface area contributed by atoms with Crippen molar-refractivity contribution in [2.45, 2.75) is 6.42 Å². The van der Waals surface area contributed by atoms with Crippen molar-refractivity contribution < 1.29 is 4.79 Å². The molecule has 2 heterocycles. The van der Waals surface area contributed by atoms with Gasteiger partial charge in [-0.05, 0) is 6.07 Å². The molecule has 94 valence electrons. The molecule has 0 atom stereocenters. The number of nitrogens with two attached hydrogens (primary N) is 1. The lowest BCUT2D eigenvalue weighted by Gasteiger charge is -2.06. The largest absolute Gasteiger partial charge is 0.384 e. The SMILES string of the molecule is Nc1cc(C(=O)NCCc2ncn[nH]2)c(Cl)cn1. The molecular formula is C10H11ClN6O. The summed E-state index contributed by atoms with van der Waals surface area (Å²) in [5, 5.41) is 9.39. The molecule has 7 nitrogen and oxygen atoms in total. The van der Waals surface area contributed by atoms with Crippen LogP contribution >= 0.6 is 11.6 Å². The van der Waals surface area contributed by atoms with Gasteiger partial charge in [-0.3, -0.25) is 9.89 Å². The summed E-state index contributed by atoms with van der Waals surface area (Å²) in [7, 11) is 0. The third kappa shape index (κ3) is 2.95. The monoisotopic (exact) mass is 266 g/mol. The molecule has 0 aromatic carbocycles. The van der Waals surface area contributed by atoms with Crippen LogP contribution in [0.2, 0.25) is 5.02 Å². The Bertz CT molecular complexity index is 541. The van der Waals surface area contributed by atoms with Crippen molar-refractivity contribution in [3.63, 3.8) is 0 Å². The molecule has 2 rings (SSSR count). The highest BCUT2D eigenvalue weighted by Crippen LogP contribution is 2.16. The lowest BCUT2D eigenvalue weighted by molar-refractivity contribution is 0.0954. The minimum Gasteiger partial charge on any atom is -0.384 e. The summed E-state index contributed by atoms with van der Waals surface area (Å²) < 4.78 is 0. The molecule has 0 fully saturated rings. The number of aromatic nitrogens is 4. The van der Waals surface area contributed by atoms with E-state index in [0.717, 1.165) is 0 Å². The smallest absolute Gasteiger partial charge is 0.253 e. The molecule has 0 aliphatic heterocycles. The number of hydrogen-bond acceptors (Lipinski definition) is 5. The predicted molar refractivity (Wildman–Crippen MR) is 66.1 cm³/mol. The van der Waals surface area contributed by atoms with Crippen molar-refractivity contribution in [1.82, 2.24) is 25.5 Å². The standard InChI is InChI=1S/C10H11ClN6O/c11-7-4-14-8(12)3-6(7)10(18)13-2-1-9-15-5-16-17-9/h3-5H,1-2H2,(H2,12,14)(H,13,18)(H,15,16,17). The zero-order valence-corrected chi connectivity index (χ0v) is 10.1. The normalized spacial score (nSPS) is 10.3. The zero-order valence-electron chi connectivity index (χ0n) is 9.35. The molecule has 18 heavy (non-hydrogen) atoms. The highest BCUT2D eigenvalue weighted by atomic mass is 35.5. The van der Waals surface area contributed by atoms with E-state index >= 15 is 0 Å². The Morgan fingerprint density at radius 1 is 1.50 bits per heavy atom. The van der Waals surface area contributed by atoms with Crippen molar-refractivity contribution in [3.8, 4) is 0 Å². The molecule has 8 heteroatoms. The van der Waals surface area contributed by atoms with Crippen LogP contribution in [0, 0.1) is 0 Å². The molecular weight excluding hydrogens is 256 g/mol. The molecule has 0 aliphatic carbocycles. The van der Waals surface area contributed by atoms with Crippen LogP contribution in [-0.2, 0) is 6.42 Å². The number of nitrogens with zero attached hydrogens (tertiary/aromatic N) is 3. The maximum atomic E-state index is 11.8. The zero-order chi connectivity index (χ0) is 13.0. The second kappa shape index (κ2) is 5.46. The molecule has 0 spiro atoms. The summed E-state index contributed by atoms with van der Waals surface area (Å²) in [6.07, 6.45) is 3.32. The van der Waals surface area contributed by atoms with Crippen LogP contribution in [0.3, 0.4) is 0 Å². The molecule has 4 N–H and O–H groups in total. The Labute approximate surface area is 108 Å². The van der Waals surface area contributed by atoms with Gasteiger partial charge >= 0.3 is 0 Å². The average molecular weight is 267 g/mol. The summed E-state index contributed by atoms with van der Waals surface area (Å²) >= 11 is 5.86. The predicted octanol–water partition coefficient (Wildman–Crippen LogP) is 0.408. The quantitative estimate of drug-likeness (QED) is 0.742. The van der Waals surface area contributed by atoms with Gasteiger partial charge in [-0.1, -0.05) is 11.6 Å². The van der Waals surface area contributed by atoms with E-state index in [0.29, 0.717) is 24.4 Å². The van der Waals surface area contributed by atoms with E-state index in [1.807, 2.05) is 0 Å². The second-order valence-corrected chi connectivity index (χ2v) is 3.93. The summed E-state index contributed by atoms with van der Waals surface area (Å²) in [4.78, 5) is 19.5. The molecule has 0 saturated carbocycles. The molecule has 0 aliphatic rings. The Balaban J connectivity index is 1.93. The molecule has 2 aromatic rings. The molecule has 0 bridgehead atoms. The number of anilines is 1. The maximum Gasteiger partial charge on any atom is 0.253 e. The lowest BCUT2D eigenvalue weighted by Crippen LogP contribution is -2.26. The molecule has 0 unspecified atom stereocenters. The van der Waals surface area contributed by atoms with Gasteiger partial charge in [0.05, 0.1) is 10.6 Å². The number of pyridine rings is 1. The van der Waals surface area contributed by atoms with Gasteiger partial charge in [0.15, 0.2) is 0 Å². The van der Waals surface area contributed by atoms with Crippen molar-refractivity contribution in [3.05, 3.63) is 35.0 Å². The molecule has 0 saturated heterocycles. The van der Waals surface area contributed by atoms with Gasteiger partial charge in [0.2, 0.25) is 0 Å². The first-order chi connectivity index (χ1) is 8.66. The Hall–Kier alpha value is -2.15. The average Bonchev–Trinajstić information content (AvgIpc) is 2.85. The van der Waals surface area contributed by atoms with Gasteiger partial charge in [-0.15, -0.1) is 0 Å². The van der Waals surface area contributed by atoms with Gasteiger partial charge in [-0.2, -0.15) is 5.10 Å². The first-order valence-electron chi connectivity index (χ1n) is 5.20. The minimum atomic E-state index is -0.298. The first-order valence-corrected chi connectivity index (χ1v) is 5.58. The van der Waals surface area contributed by atoms with Gasteiger partial charge in [0.25, 0.3) is 5.91 Å². The lowest BCUT2D eigenvalue weighted by atomic mass is 10.2. The number of nitrogens with one attached hydrogen (secondary N) is 2. The van der Waals surface area contributed by atoms with Crippen LogP contribution in [0.15, 0.2) is 18.6 Å². The summed E-state index contributed by atoms with van der Waals surface area (Å²) in [5.41, 5.74) is 5.81. The van der Waals surface area contributed by atoms with Crippen LogP contribution in [-0.4, -0.2) is 32.6 Å². The molecule has 2 aromatic heterocycles. The number of H-pyrrole nitrogens is 1. The summed E-state index contributed by atoms with van der Waals surface area (Å²) in [5.74, 6) is 0.657. The number of carbonyl (C=O) groups is 1. The fourth-order valence-corrected chi connectivity index (χ4v) is 1.56. The van der Waals surface area contributed by atoms with Crippen LogP contribution in [0.4, 0.5) is 5.82 Å². The second-order valence-electron chi connectivity index (χ2n) is 3.53. The number of hydrogen-bond donors (Lipinski definition) is 3. The van der Waals surface area contributed by atoms with Gasteiger partial charge in [0.1, 0.15) is 18.0 Å². The first kappa shape index (κ1) is 12.3. The molecule has 0 radical (unpaired) electrons. The van der Waals surface area contributed by atoms with Gasteiger partial charge in [0, 0.05) is 19.2 Å². The number of amides is 1. The third-order valence-electron chi connectivity index (χ3n) is 2.23. The van der Waals surface area contributed by atoms with E-state index in [4.69, 9.17) is 17.3 Å². The number of carbonyl (C=O) groups excluding carboxylic acids is 1. The number of nitrogen functional groups attached to an aromatic ring is 1. The van der Waals surface area contributed by atoms with Crippen LogP contribution in [0.1, 0.15) is 16.2 Å². The Morgan fingerprint density at radius 2 is 2.33 bits per heavy atom. The van der Waals surface area contributed by atoms with Crippen LogP contribution < -0.4 is 11.1 Å². The van der Waals surface area contributed by atoms with E-state index in [-0.39, 0.29) is 16.7 Å². The van der Waals surface area contributed by atoms with Crippen molar-refractivity contribution in [2.75, 3.05) is 12.3 Å². The van der Waals surface area contributed by atoms with Gasteiger partial charge in [-0.25, -0.2) is 9.97 Å². The van der Waals surface area contributed by atoms with E-state index in [1.54, 1.807) is 0 Å². The third-order valence-corrected chi connectivity index (χ3v) is 2.53. The Kier molecular flexibility index (Phi) is 3.73. The van der Waals surface area contributed by atoms with E-state index in [2.05, 4.69) is 25.5 Å². The van der Waals surface area contributed by atoms with Crippen molar-refractivity contribution >= 4 is 23.3 Å². The number of aromatic amines is 1. The van der Waals surface area contributed by atoms with E-state index < -0.39 is 0 Å². The van der Waals surface area contributed by atoms with Crippen LogP contribution in [0.25, 0.3) is 0 Å². The number of rotatable bonds is 4. The van der Waals surface area contributed by atoms with Crippen LogP contribution in [0.5, 0.6) is 0 Å². The van der Waals surface area contributed by atoms with E-state index in [9.17, 15) is 4.79 Å². The highest BCUT2D eigenvalue weighted by molar-refractivity contribution is 6.33. The van der Waals surface area contributed by atoms with Gasteiger partial charge < -0.3 is 11.1 Å². The fourth-order valence-electron chi connectivity index (χ4n) is 1.37. The minimum absolute atomic E-state index is 0.250. The molecule has 1 amide bonds. The summed E-state index contributed by atoms with van der Waals surface area (Å²) in [6, 6.07) is 1.44. The highest BCUT2D eigenvalue weighted by Gasteiger charge is 2.11. The fraction of sp³-hybridized carbons (Fsp3) is 0.200. The maximum absolute atomic E-state index is 11.8. The topological polar surface area (TPSA) is 110 Å². The summed E-state index contributed by atoms with van der Waals surface area (Å²) in [6.45, 7) is 0.423. The van der Waals surface area contributed by atoms with Crippen molar-refractivity contribution in [2.24, 2.45) is 0 Å². The number of halogens is 1. The van der Waals surface area contributed by atoms with Crippen molar-refractivity contribution in [1.29, 1.82) is 0 Å². The Morgan fingerprint density at radius 3 is 3.06 bits per heavy atom. The van der Waals surface area contributed by atoms with E-state index in [1.165, 1.54) is 18.6 Å².